The molecule has 1 heterocycles. The molecule has 1 aliphatic rings. The smallest absolute Gasteiger partial charge is 0.341 e. The highest BCUT2D eigenvalue weighted by atomic mass is 79.9. The lowest BCUT2D eigenvalue weighted by molar-refractivity contribution is -0.139. The molecule has 0 aliphatic carbocycles. The van der Waals surface area contributed by atoms with E-state index in [2.05, 4.69) is 32.7 Å². The molecule has 7 heteroatoms. The number of benzene rings is 2. The topological polar surface area (TPSA) is 68.2 Å². The molecule has 1 fully saturated rings. The van der Waals surface area contributed by atoms with Crippen LogP contribution in [0.25, 0.3) is 5.57 Å². The Morgan fingerprint density at radius 2 is 1.94 bits per heavy atom. The third kappa shape index (κ3) is 7.72. The molecule has 0 unspecified atom stereocenters. The molecule has 0 amide bonds. The Bertz CT molecular complexity index is 1000. The van der Waals surface area contributed by atoms with Gasteiger partial charge >= 0.3 is 5.97 Å². The lowest BCUT2D eigenvalue weighted by Gasteiger charge is -2.24. The van der Waals surface area contributed by atoms with Crippen LogP contribution in [-0.4, -0.2) is 62.0 Å². The van der Waals surface area contributed by atoms with Crippen LogP contribution in [0.3, 0.4) is 0 Å². The van der Waals surface area contributed by atoms with Crippen molar-refractivity contribution in [2.45, 2.75) is 6.92 Å². The second-order valence-electron chi connectivity index (χ2n) is 7.24. The van der Waals surface area contributed by atoms with Gasteiger partial charge in [0.2, 0.25) is 0 Å². The number of nitrogens with zero attached hydrogens (tertiary/aromatic N) is 1. The van der Waals surface area contributed by atoms with Crippen LogP contribution in [-0.2, 0) is 9.53 Å². The minimum Gasteiger partial charge on any atom is -0.489 e. The Morgan fingerprint density at radius 1 is 1.19 bits per heavy atom. The first kappa shape index (κ1) is 23.9. The van der Waals surface area contributed by atoms with Gasteiger partial charge < -0.3 is 19.3 Å². The molecule has 0 spiro atoms. The number of carboxylic acids is 1. The van der Waals surface area contributed by atoms with E-state index < -0.39 is 5.97 Å². The number of halogens is 1. The number of carboxylic acid groups (broad SMARTS) is 1. The summed E-state index contributed by atoms with van der Waals surface area (Å²) in [6.07, 6.45) is 1.97. The molecule has 6 nitrogen and oxygen atoms in total. The van der Waals surface area contributed by atoms with Gasteiger partial charge in [0.25, 0.3) is 0 Å². The second kappa shape index (κ2) is 12.3. The van der Waals surface area contributed by atoms with Gasteiger partial charge in [0.05, 0.1) is 19.8 Å². The van der Waals surface area contributed by atoms with Crippen molar-refractivity contribution in [3.05, 3.63) is 64.1 Å². The summed E-state index contributed by atoms with van der Waals surface area (Å²) in [5.74, 6) is 6.77. The van der Waals surface area contributed by atoms with E-state index in [0.717, 1.165) is 47.5 Å². The summed E-state index contributed by atoms with van der Waals surface area (Å²) in [4.78, 5) is 13.0. The third-order valence-corrected chi connectivity index (χ3v) is 5.35. The van der Waals surface area contributed by atoms with E-state index in [0.29, 0.717) is 24.7 Å². The van der Waals surface area contributed by atoms with Gasteiger partial charge in [-0.15, -0.1) is 0 Å². The number of morpholine rings is 1. The van der Waals surface area contributed by atoms with Gasteiger partial charge in [-0.1, -0.05) is 39.9 Å². The number of aryl methyl sites for hydroxylation is 1. The van der Waals surface area contributed by atoms with Crippen molar-refractivity contribution in [3.8, 4) is 23.3 Å². The predicted octanol–water partition coefficient (Wildman–Crippen LogP) is 4.02. The fourth-order valence-corrected chi connectivity index (χ4v) is 3.38. The maximum Gasteiger partial charge on any atom is 0.341 e. The zero-order valence-electron chi connectivity index (χ0n) is 18.0. The SMILES string of the molecule is Cc1cc(OCC=C(C#CCN2CCOCC2)c2ccc(Br)cc2)ccc1OCC(=O)O. The van der Waals surface area contributed by atoms with Crippen LogP contribution in [0.15, 0.2) is 53.0 Å². The summed E-state index contributed by atoms with van der Waals surface area (Å²) in [6, 6.07) is 13.3. The van der Waals surface area contributed by atoms with Gasteiger partial charge in [-0.3, -0.25) is 4.90 Å². The van der Waals surface area contributed by atoms with E-state index in [-0.39, 0.29) is 6.61 Å². The van der Waals surface area contributed by atoms with E-state index in [1.807, 2.05) is 43.3 Å². The molecule has 3 rings (SSSR count). The third-order valence-electron chi connectivity index (χ3n) is 4.82. The highest BCUT2D eigenvalue weighted by molar-refractivity contribution is 9.10. The fourth-order valence-electron chi connectivity index (χ4n) is 3.11. The highest BCUT2D eigenvalue weighted by Crippen LogP contribution is 2.24. The van der Waals surface area contributed by atoms with E-state index in [1.54, 1.807) is 12.1 Å². The molecule has 1 saturated heterocycles. The number of ether oxygens (including phenoxy) is 3. The van der Waals surface area contributed by atoms with E-state index in [9.17, 15) is 4.79 Å². The van der Waals surface area contributed by atoms with Crippen LogP contribution in [0, 0.1) is 18.8 Å². The molecule has 0 saturated carbocycles. The monoisotopic (exact) mass is 499 g/mol. The zero-order valence-corrected chi connectivity index (χ0v) is 19.6. The van der Waals surface area contributed by atoms with Gasteiger partial charge in [-0.2, -0.15) is 0 Å². The average Bonchev–Trinajstić information content (AvgIpc) is 2.79. The molecule has 168 valence electrons. The molecule has 1 N–H and O–H groups in total. The number of hydrogen-bond donors (Lipinski definition) is 1. The summed E-state index contributed by atoms with van der Waals surface area (Å²) >= 11 is 3.47. The maximum atomic E-state index is 10.7. The summed E-state index contributed by atoms with van der Waals surface area (Å²) in [7, 11) is 0. The molecule has 32 heavy (non-hydrogen) atoms. The van der Waals surface area contributed by atoms with Gasteiger partial charge in [-0.25, -0.2) is 4.79 Å². The lowest BCUT2D eigenvalue weighted by atomic mass is 10.1. The summed E-state index contributed by atoms with van der Waals surface area (Å²) in [5.41, 5.74) is 2.75. The maximum absolute atomic E-state index is 10.7. The predicted molar refractivity (Wildman–Crippen MR) is 127 cm³/mol. The molecule has 0 aromatic heterocycles. The minimum atomic E-state index is -1.01. The van der Waals surface area contributed by atoms with Crippen LogP contribution in [0.4, 0.5) is 0 Å². The average molecular weight is 500 g/mol. The summed E-state index contributed by atoms with van der Waals surface area (Å²) in [6.45, 7) is 5.85. The molecule has 2 aromatic carbocycles. The van der Waals surface area contributed by atoms with Crippen molar-refractivity contribution in [2.75, 3.05) is 46.1 Å². The highest BCUT2D eigenvalue weighted by Gasteiger charge is 2.08. The largest absolute Gasteiger partial charge is 0.489 e. The summed E-state index contributed by atoms with van der Waals surface area (Å²) < 4.78 is 17.5. The van der Waals surface area contributed by atoms with Crippen molar-refractivity contribution < 1.29 is 24.1 Å². The quantitative estimate of drug-likeness (QED) is 0.553. The summed E-state index contributed by atoms with van der Waals surface area (Å²) in [5, 5.41) is 8.76. The number of aliphatic carboxylic acids is 1. The Kier molecular flexibility index (Phi) is 9.17. The molecule has 0 radical (unpaired) electrons. The van der Waals surface area contributed by atoms with Crippen LogP contribution in [0.5, 0.6) is 11.5 Å². The van der Waals surface area contributed by atoms with Crippen LogP contribution < -0.4 is 9.47 Å². The Balaban J connectivity index is 1.66. The van der Waals surface area contributed by atoms with Crippen molar-refractivity contribution in [3.63, 3.8) is 0 Å². The molecule has 0 bridgehead atoms. The molecular weight excluding hydrogens is 474 g/mol. The molecular formula is C25H26BrNO5. The second-order valence-corrected chi connectivity index (χ2v) is 8.15. The van der Waals surface area contributed by atoms with Gasteiger partial charge in [0.15, 0.2) is 6.61 Å². The first-order chi connectivity index (χ1) is 15.5. The van der Waals surface area contributed by atoms with Gasteiger partial charge in [0.1, 0.15) is 18.1 Å². The Morgan fingerprint density at radius 3 is 2.62 bits per heavy atom. The fraction of sp³-hybridized carbons (Fsp3) is 0.320. The lowest BCUT2D eigenvalue weighted by Crippen LogP contribution is -2.36. The van der Waals surface area contributed by atoms with E-state index in [4.69, 9.17) is 19.3 Å². The number of rotatable bonds is 8. The van der Waals surface area contributed by atoms with Crippen LogP contribution in [0.1, 0.15) is 11.1 Å². The standard InChI is InChI=1S/C25H26BrNO5/c1-19-17-23(8-9-24(19)32-18-25(28)29)31-14-10-20(21-4-6-22(26)7-5-21)3-2-11-27-12-15-30-16-13-27/h4-10,17H,11-16,18H2,1H3,(H,28,29). The minimum absolute atomic E-state index is 0.354. The first-order valence-corrected chi connectivity index (χ1v) is 11.1. The first-order valence-electron chi connectivity index (χ1n) is 10.3. The van der Waals surface area contributed by atoms with Crippen molar-refractivity contribution in [1.82, 2.24) is 4.90 Å². The molecule has 0 atom stereocenters. The Hall–Kier alpha value is -2.79. The van der Waals surface area contributed by atoms with E-state index in [1.165, 1.54) is 0 Å². The molecule has 2 aromatic rings. The van der Waals surface area contributed by atoms with E-state index >= 15 is 0 Å². The van der Waals surface area contributed by atoms with Gasteiger partial charge in [-0.05, 0) is 54.5 Å². The van der Waals surface area contributed by atoms with Crippen molar-refractivity contribution >= 4 is 27.5 Å². The zero-order chi connectivity index (χ0) is 22.8. The van der Waals surface area contributed by atoms with Crippen molar-refractivity contribution in [2.24, 2.45) is 0 Å². The van der Waals surface area contributed by atoms with Crippen LogP contribution >= 0.6 is 15.9 Å². The number of carbonyl (C=O) groups is 1. The number of hydrogen-bond acceptors (Lipinski definition) is 5. The van der Waals surface area contributed by atoms with Crippen LogP contribution in [0.2, 0.25) is 0 Å². The van der Waals surface area contributed by atoms with Crippen molar-refractivity contribution in [1.29, 1.82) is 0 Å². The number of allylic oxidation sites excluding steroid dienone is 1. The Labute approximate surface area is 196 Å². The molecule has 1 aliphatic heterocycles. The van der Waals surface area contributed by atoms with Gasteiger partial charge in [0, 0.05) is 23.1 Å². The normalized spacial score (nSPS) is 14.4.